The van der Waals surface area contributed by atoms with Crippen molar-refractivity contribution in [3.63, 3.8) is 0 Å². The third-order valence-electron chi connectivity index (χ3n) is 3.57. The molecule has 4 heteroatoms. The van der Waals surface area contributed by atoms with Crippen LogP contribution in [0.3, 0.4) is 0 Å². The predicted molar refractivity (Wildman–Crippen MR) is 66.7 cm³/mol. The second-order valence-corrected chi connectivity index (χ2v) is 4.77. The maximum Gasteiger partial charge on any atom is 0.310 e. The quantitative estimate of drug-likeness (QED) is 0.843. The van der Waals surface area contributed by atoms with Gasteiger partial charge in [0.25, 0.3) is 0 Å². The summed E-state index contributed by atoms with van der Waals surface area (Å²) in [5.41, 5.74) is 0. The van der Waals surface area contributed by atoms with Gasteiger partial charge in [-0.1, -0.05) is 25.0 Å². The highest BCUT2D eigenvalue weighted by Crippen LogP contribution is 2.33. The molecule has 1 atom stereocenters. The van der Waals surface area contributed by atoms with Gasteiger partial charge in [0.15, 0.2) is 11.5 Å². The maximum absolute atomic E-state index is 11.3. The fourth-order valence-corrected chi connectivity index (χ4v) is 2.53. The average Bonchev–Trinajstić information content (AvgIpc) is 2.85. The number of hydrogen-bond acceptors (Lipinski definition) is 3. The summed E-state index contributed by atoms with van der Waals surface area (Å²) in [6.07, 6.45) is 4.12. The fourth-order valence-electron chi connectivity index (χ4n) is 2.53. The van der Waals surface area contributed by atoms with Crippen molar-refractivity contribution >= 4 is 5.97 Å². The SMILES string of the molecule is O=C(O)C(COc1ccccc1O)C1CCCC1. The zero-order valence-electron chi connectivity index (χ0n) is 10.2. The molecule has 1 aromatic carbocycles. The lowest BCUT2D eigenvalue weighted by atomic mass is 9.92. The van der Waals surface area contributed by atoms with E-state index < -0.39 is 11.9 Å². The number of para-hydroxylation sites is 2. The number of phenolic OH excluding ortho intramolecular Hbond substituents is 1. The number of benzene rings is 1. The summed E-state index contributed by atoms with van der Waals surface area (Å²) in [4.78, 5) is 11.3. The molecule has 2 N–H and O–H groups in total. The van der Waals surface area contributed by atoms with E-state index in [4.69, 9.17) is 4.74 Å². The molecule has 1 fully saturated rings. The van der Waals surface area contributed by atoms with E-state index in [1.807, 2.05) is 0 Å². The Morgan fingerprint density at radius 3 is 2.61 bits per heavy atom. The number of carbonyl (C=O) groups is 1. The van der Waals surface area contributed by atoms with Crippen molar-refractivity contribution in [1.29, 1.82) is 0 Å². The molecule has 1 aromatic rings. The van der Waals surface area contributed by atoms with Crippen LogP contribution >= 0.6 is 0 Å². The molecule has 1 unspecified atom stereocenters. The van der Waals surface area contributed by atoms with Crippen molar-refractivity contribution in [3.05, 3.63) is 24.3 Å². The van der Waals surface area contributed by atoms with Gasteiger partial charge in [-0.05, 0) is 30.9 Å². The molecule has 0 bridgehead atoms. The lowest BCUT2D eigenvalue weighted by molar-refractivity contribution is -0.144. The smallest absolute Gasteiger partial charge is 0.310 e. The number of carboxylic acids is 1. The van der Waals surface area contributed by atoms with Crippen LogP contribution in [0.4, 0.5) is 0 Å². The maximum atomic E-state index is 11.3. The highest BCUT2D eigenvalue weighted by molar-refractivity contribution is 5.70. The van der Waals surface area contributed by atoms with Crippen molar-refractivity contribution in [1.82, 2.24) is 0 Å². The predicted octanol–water partition coefficient (Wildman–Crippen LogP) is 2.66. The first-order chi connectivity index (χ1) is 8.68. The number of hydrogen-bond donors (Lipinski definition) is 2. The van der Waals surface area contributed by atoms with Crippen LogP contribution in [0.15, 0.2) is 24.3 Å². The van der Waals surface area contributed by atoms with Gasteiger partial charge >= 0.3 is 5.97 Å². The van der Waals surface area contributed by atoms with Gasteiger partial charge in [0.05, 0.1) is 5.92 Å². The Balaban J connectivity index is 1.97. The molecule has 0 saturated heterocycles. The lowest BCUT2D eigenvalue weighted by Crippen LogP contribution is -2.28. The molecular weight excluding hydrogens is 232 g/mol. The van der Waals surface area contributed by atoms with Gasteiger partial charge in [0, 0.05) is 0 Å². The Bertz CT molecular complexity index is 410. The third kappa shape index (κ3) is 2.94. The molecule has 98 valence electrons. The van der Waals surface area contributed by atoms with Gasteiger partial charge < -0.3 is 14.9 Å². The van der Waals surface area contributed by atoms with Crippen LogP contribution in [-0.4, -0.2) is 22.8 Å². The first-order valence-corrected chi connectivity index (χ1v) is 6.32. The summed E-state index contributed by atoms with van der Waals surface area (Å²) in [5, 5.41) is 18.8. The Hall–Kier alpha value is -1.71. The van der Waals surface area contributed by atoms with E-state index in [1.54, 1.807) is 18.2 Å². The first kappa shape index (κ1) is 12.7. The van der Waals surface area contributed by atoms with Crippen LogP contribution < -0.4 is 4.74 Å². The Morgan fingerprint density at radius 2 is 2.00 bits per heavy atom. The molecule has 0 spiro atoms. The van der Waals surface area contributed by atoms with Crippen molar-refractivity contribution < 1.29 is 19.7 Å². The number of rotatable bonds is 5. The molecule has 0 aliphatic heterocycles. The largest absolute Gasteiger partial charge is 0.504 e. The number of ether oxygens (including phenoxy) is 1. The number of aliphatic carboxylic acids is 1. The summed E-state index contributed by atoms with van der Waals surface area (Å²) >= 11 is 0. The fraction of sp³-hybridized carbons (Fsp3) is 0.500. The standard InChI is InChI=1S/C14H18O4/c15-12-7-3-4-8-13(12)18-9-11(14(16)17)10-5-1-2-6-10/h3-4,7-8,10-11,15H,1-2,5-6,9H2,(H,16,17). The molecule has 4 nitrogen and oxygen atoms in total. The zero-order valence-corrected chi connectivity index (χ0v) is 10.2. The Labute approximate surface area is 106 Å². The van der Waals surface area contributed by atoms with Gasteiger partial charge in [-0.25, -0.2) is 0 Å². The van der Waals surface area contributed by atoms with Crippen LogP contribution in [0.2, 0.25) is 0 Å². The lowest BCUT2D eigenvalue weighted by Gasteiger charge is -2.19. The summed E-state index contributed by atoms with van der Waals surface area (Å²) in [6, 6.07) is 6.62. The second kappa shape index (κ2) is 5.76. The summed E-state index contributed by atoms with van der Waals surface area (Å²) in [7, 11) is 0. The normalized spacial score (nSPS) is 17.6. The van der Waals surface area contributed by atoms with Gasteiger partial charge in [-0.2, -0.15) is 0 Å². The molecule has 0 aromatic heterocycles. The highest BCUT2D eigenvalue weighted by atomic mass is 16.5. The van der Waals surface area contributed by atoms with Crippen molar-refractivity contribution in [3.8, 4) is 11.5 Å². The topological polar surface area (TPSA) is 66.8 Å². The second-order valence-electron chi connectivity index (χ2n) is 4.77. The van der Waals surface area contributed by atoms with Gasteiger partial charge in [-0.15, -0.1) is 0 Å². The van der Waals surface area contributed by atoms with Crippen LogP contribution in [0.1, 0.15) is 25.7 Å². The molecule has 0 heterocycles. The molecule has 1 aliphatic carbocycles. The number of carboxylic acid groups (broad SMARTS) is 1. The van der Waals surface area contributed by atoms with E-state index in [9.17, 15) is 15.0 Å². The molecule has 2 rings (SSSR count). The van der Waals surface area contributed by atoms with E-state index in [1.165, 1.54) is 6.07 Å². The van der Waals surface area contributed by atoms with Crippen molar-refractivity contribution in [2.75, 3.05) is 6.61 Å². The summed E-state index contributed by atoms with van der Waals surface area (Å²) < 4.78 is 5.44. The minimum Gasteiger partial charge on any atom is -0.504 e. The highest BCUT2D eigenvalue weighted by Gasteiger charge is 2.31. The van der Waals surface area contributed by atoms with Crippen LogP contribution in [-0.2, 0) is 4.79 Å². The minimum atomic E-state index is -0.808. The van der Waals surface area contributed by atoms with Gasteiger partial charge in [0.1, 0.15) is 6.61 Å². The minimum absolute atomic E-state index is 0.0491. The Morgan fingerprint density at radius 1 is 1.33 bits per heavy atom. The van der Waals surface area contributed by atoms with Crippen LogP contribution in [0.5, 0.6) is 11.5 Å². The van der Waals surface area contributed by atoms with Crippen molar-refractivity contribution in [2.24, 2.45) is 11.8 Å². The number of aromatic hydroxyl groups is 1. The van der Waals surface area contributed by atoms with E-state index in [-0.39, 0.29) is 18.3 Å². The van der Waals surface area contributed by atoms with Gasteiger partial charge in [0.2, 0.25) is 0 Å². The van der Waals surface area contributed by atoms with Crippen molar-refractivity contribution in [2.45, 2.75) is 25.7 Å². The monoisotopic (exact) mass is 250 g/mol. The summed E-state index contributed by atoms with van der Waals surface area (Å²) in [5.74, 6) is -0.687. The van der Waals surface area contributed by atoms with E-state index >= 15 is 0 Å². The Kier molecular flexibility index (Phi) is 4.07. The van der Waals surface area contributed by atoms with E-state index in [0.29, 0.717) is 5.75 Å². The molecule has 0 radical (unpaired) electrons. The molecule has 0 amide bonds. The van der Waals surface area contributed by atoms with Crippen LogP contribution in [0, 0.1) is 11.8 Å². The molecule has 1 saturated carbocycles. The molecule has 18 heavy (non-hydrogen) atoms. The summed E-state index contributed by atoms with van der Waals surface area (Å²) in [6.45, 7) is 0.123. The average molecular weight is 250 g/mol. The molecular formula is C14H18O4. The van der Waals surface area contributed by atoms with E-state index in [0.717, 1.165) is 25.7 Å². The van der Waals surface area contributed by atoms with Gasteiger partial charge in [-0.3, -0.25) is 4.79 Å². The van der Waals surface area contributed by atoms with Crippen LogP contribution in [0.25, 0.3) is 0 Å². The first-order valence-electron chi connectivity index (χ1n) is 6.32. The third-order valence-corrected chi connectivity index (χ3v) is 3.57. The molecule has 1 aliphatic rings. The number of phenols is 1. The van der Waals surface area contributed by atoms with E-state index in [2.05, 4.69) is 0 Å². The zero-order chi connectivity index (χ0) is 13.0.